The molecule has 0 N–H and O–H groups in total. The summed E-state index contributed by atoms with van der Waals surface area (Å²) in [6.45, 7) is 0. The van der Waals surface area contributed by atoms with Gasteiger partial charge in [0.05, 0.1) is 33.1 Å². The number of benzene rings is 14. The fourth-order valence-electron chi connectivity index (χ4n) is 13.6. The summed E-state index contributed by atoms with van der Waals surface area (Å²) in [5.74, 6) is 0. The molecule has 0 aliphatic rings. The fraction of sp³-hybridized carbons (Fsp3) is 0. The van der Waals surface area contributed by atoms with E-state index < -0.39 is 0 Å². The van der Waals surface area contributed by atoms with Crippen LogP contribution < -0.4 is 4.90 Å². The highest BCUT2D eigenvalue weighted by atomic mass is 15.1. The third kappa shape index (κ3) is 8.69. The lowest BCUT2D eigenvalue weighted by Gasteiger charge is -2.26. The minimum Gasteiger partial charge on any atom is -0.311 e. The molecule has 0 fully saturated rings. The van der Waals surface area contributed by atoms with Gasteiger partial charge in [-0.1, -0.05) is 218 Å². The van der Waals surface area contributed by atoms with Crippen LogP contribution in [0.3, 0.4) is 0 Å². The topological polar surface area (TPSA) is 18.0 Å². The Bertz CT molecular complexity index is 5020. The Morgan fingerprint density at radius 3 is 0.670 bits per heavy atom. The third-order valence-electron chi connectivity index (χ3n) is 17.9. The molecule has 0 atom stereocenters. The molecule has 0 aliphatic heterocycles. The Morgan fingerprint density at radius 2 is 0.375 bits per heavy atom. The second kappa shape index (κ2) is 21.1. The summed E-state index contributed by atoms with van der Waals surface area (Å²) < 4.78 is 7.21. The zero-order chi connectivity index (χ0) is 58.1. The number of hydrogen-bond donors (Lipinski definition) is 0. The molecule has 0 amide bonds. The lowest BCUT2D eigenvalue weighted by atomic mass is 10.00. The van der Waals surface area contributed by atoms with Crippen molar-refractivity contribution in [1.82, 2.24) is 13.7 Å². The lowest BCUT2D eigenvalue weighted by Crippen LogP contribution is -2.09. The van der Waals surface area contributed by atoms with E-state index in [1.165, 1.54) is 98.9 Å². The molecule has 0 unspecified atom stereocenters. The number of aromatic nitrogens is 3. The zero-order valence-corrected chi connectivity index (χ0v) is 48.1. The van der Waals surface area contributed by atoms with Gasteiger partial charge in [-0.3, -0.25) is 0 Å². The van der Waals surface area contributed by atoms with Crippen LogP contribution in [0.1, 0.15) is 0 Å². The van der Waals surface area contributed by atoms with Gasteiger partial charge in [0.1, 0.15) is 0 Å². The quantitative estimate of drug-likeness (QED) is 0.126. The van der Waals surface area contributed by atoms with Crippen LogP contribution in [-0.4, -0.2) is 13.7 Å². The highest BCUT2D eigenvalue weighted by Crippen LogP contribution is 2.42. The summed E-state index contributed by atoms with van der Waals surface area (Å²) >= 11 is 0. The summed E-state index contributed by atoms with van der Waals surface area (Å²) in [7, 11) is 0. The average Bonchev–Trinajstić information content (AvgIpc) is 2.03. The highest BCUT2D eigenvalue weighted by Gasteiger charge is 2.19. The van der Waals surface area contributed by atoms with Gasteiger partial charge in [-0.25, -0.2) is 0 Å². The van der Waals surface area contributed by atoms with Crippen LogP contribution in [0.4, 0.5) is 17.1 Å². The Morgan fingerprint density at radius 1 is 0.159 bits per heavy atom. The number of rotatable bonds is 11. The molecule has 0 aliphatic carbocycles. The van der Waals surface area contributed by atoms with Gasteiger partial charge >= 0.3 is 0 Å². The second-order valence-electron chi connectivity index (χ2n) is 22.9. The summed E-state index contributed by atoms with van der Waals surface area (Å²) in [4.78, 5) is 2.35. The second-order valence-corrected chi connectivity index (χ2v) is 22.9. The lowest BCUT2D eigenvalue weighted by molar-refractivity contribution is 1.18. The van der Waals surface area contributed by atoms with E-state index in [1.54, 1.807) is 0 Å². The Labute approximate surface area is 510 Å². The minimum atomic E-state index is 1.09. The van der Waals surface area contributed by atoms with Gasteiger partial charge in [-0.05, 0) is 177 Å². The predicted molar refractivity (Wildman–Crippen MR) is 371 cm³/mol. The summed E-state index contributed by atoms with van der Waals surface area (Å²) in [5, 5.41) is 7.46. The number of para-hydroxylation sites is 4. The molecule has 412 valence electrons. The van der Waals surface area contributed by atoms with Gasteiger partial charge in [0, 0.05) is 66.4 Å². The first-order valence-electron chi connectivity index (χ1n) is 30.2. The van der Waals surface area contributed by atoms with Crippen molar-refractivity contribution >= 4 is 82.5 Å². The van der Waals surface area contributed by atoms with E-state index in [2.05, 4.69) is 358 Å². The predicted octanol–water partition coefficient (Wildman–Crippen LogP) is 22.8. The van der Waals surface area contributed by atoms with E-state index >= 15 is 0 Å². The van der Waals surface area contributed by atoms with Gasteiger partial charge < -0.3 is 18.6 Å². The average molecular weight is 1120 g/mol. The molecule has 88 heavy (non-hydrogen) atoms. The summed E-state index contributed by atoms with van der Waals surface area (Å²) in [6, 6.07) is 124. The molecule has 17 rings (SSSR count). The van der Waals surface area contributed by atoms with E-state index in [9.17, 15) is 0 Å². The Hall–Kier alpha value is -11.7. The smallest absolute Gasteiger partial charge is 0.0541 e. The number of nitrogens with zero attached hydrogens (tertiary/aromatic N) is 4. The maximum Gasteiger partial charge on any atom is 0.0541 e. The van der Waals surface area contributed by atoms with Gasteiger partial charge in [0.15, 0.2) is 0 Å². The van der Waals surface area contributed by atoms with Gasteiger partial charge in [-0.15, -0.1) is 0 Å². The van der Waals surface area contributed by atoms with Crippen LogP contribution in [0.5, 0.6) is 0 Å². The third-order valence-corrected chi connectivity index (χ3v) is 17.9. The number of anilines is 3. The van der Waals surface area contributed by atoms with Crippen LogP contribution in [0.25, 0.3) is 138 Å². The molecule has 0 saturated heterocycles. The molecular weight excluding hydrogens is 1060 g/mol. The van der Waals surface area contributed by atoms with Crippen molar-refractivity contribution < 1.29 is 0 Å². The molecule has 0 spiro atoms. The monoisotopic (exact) mass is 1120 g/mol. The van der Waals surface area contributed by atoms with E-state index in [4.69, 9.17) is 0 Å². The molecule has 0 radical (unpaired) electrons. The van der Waals surface area contributed by atoms with Crippen LogP contribution in [0.2, 0.25) is 0 Å². The normalized spacial score (nSPS) is 11.6. The zero-order valence-electron chi connectivity index (χ0n) is 48.1. The van der Waals surface area contributed by atoms with E-state index in [1.807, 2.05) is 0 Å². The summed E-state index contributed by atoms with van der Waals surface area (Å²) in [5.41, 5.74) is 25.6. The molecular formula is C84H56N4. The van der Waals surface area contributed by atoms with Crippen LogP contribution in [-0.2, 0) is 0 Å². The van der Waals surface area contributed by atoms with Crippen molar-refractivity contribution in [3.05, 3.63) is 340 Å². The van der Waals surface area contributed by atoms with E-state index in [0.717, 1.165) is 56.3 Å². The molecule has 3 aromatic heterocycles. The molecule has 14 aromatic carbocycles. The van der Waals surface area contributed by atoms with Crippen LogP contribution in [0, 0.1) is 0 Å². The van der Waals surface area contributed by atoms with E-state index in [0.29, 0.717) is 0 Å². The maximum atomic E-state index is 2.44. The first-order valence-corrected chi connectivity index (χ1v) is 30.2. The van der Waals surface area contributed by atoms with Crippen LogP contribution in [0.15, 0.2) is 340 Å². The fourth-order valence-corrected chi connectivity index (χ4v) is 13.6. The SMILES string of the molecule is c1ccc(-c2ccc(N(c3ccc(-c4ccccc4)cc3)c3ccc(-c4ccc(-n5c6ccc(-c7ccc(-n8c9ccccc9c9ccccc98)cc7)cc6c6cc(-c7ccc(-n8c9ccccc9c9ccccc98)cc7)ccc65)cc4)cc3)cc2)cc1. The van der Waals surface area contributed by atoms with Crippen molar-refractivity contribution in [2.75, 3.05) is 4.90 Å². The molecule has 0 saturated carbocycles. The molecule has 4 heteroatoms. The molecule has 3 heterocycles. The van der Waals surface area contributed by atoms with Crippen molar-refractivity contribution in [3.8, 4) is 72.7 Å². The van der Waals surface area contributed by atoms with Gasteiger partial charge in [0.2, 0.25) is 0 Å². The molecule has 0 bridgehead atoms. The molecule has 4 nitrogen and oxygen atoms in total. The van der Waals surface area contributed by atoms with E-state index in [-0.39, 0.29) is 0 Å². The van der Waals surface area contributed by atoms with Crippen LogP contribution >= 0.6 is 0 Å². The van der Waals surface area contributed by atoms with Crippen molar-refractivity contribution in [2.24, 2.45) is 0 Å². The standard InChI is InChI=1S/C84H56N4/c1-3-15-57(16-4-1)59-27-41-67(42-28-59)85(68-43-29-60(30-44-68)58-17-5-2-6-18-58)69-45-31-61(32-46-69)62-33-47-72(48-34-62)88-83-53-39-65(63-35-49-70(50-36-63)86-79-23-11-7-19-73(79)74-20-8-12-24-80(74)86)55-77(83)78-56-66(40-54-84(78)88)64-37-51-71(52-38-64)87-81-25-13-9-21-75(81)76-22-10-14-26-82(76)87/h1-56H. The first kappa shape index (κ1) is 50.8. The van der Waals surface area contributed by atoms with Crippen molar-refractivity contribution in [1.29, 1.82) is 0 Å². The number of fused-ring (bicyclic) bond motifs is 9. The summed E-state index contributed by atoms with van der Waals surface area (Å²) in [6.07, 6.45) is 0. The van der Waals surface area contributed by atoms with Gasteiger partial charge in [-0.2, -0.15) is 0 Å². The maximum absolute atomic E-state index is 2.44. The Balaban J connectivity index is 0.731. The van der Waals surface area contributed by atoms with Gasteiger partial charge in [0.25, 0.3) is 0 Å². The van der Waals surface area contributed by atoms with Crippen molar-refractivity contribution in [2.45, 2.75) is 0 Å². The first-order chi connectivity index (χ1) is 43.6. The molecule has 17 aromatic rings. The minimum absolute atomic E-state index is 1.09. The Kier molecular flexibility index (Phi) is 12.2. The number of hydrogen-bond acceptors (Lipinski definition) is 1. The van der Waals surface area contributed by atoms with Crippen molar-refractivity contribution in [3.63, 3.8) is 0 Å². The highest BCUT2D eigenvalue weighted by molar-refractivity contribution is 6.13. The largest absolute Gasteiger partial charge is 0.311 e.